The fourth-order valence-electron chi connectivity index (χ4n) is 1.74. The van der Waals surface area contributed by atoms with Gasteiger partial charge in [-0.05, 0) is 23.8 Å². The van der Waals surface area contributed by atoms with Crippen LogP contribution in [-0.4, -0.2) is 4.92 Å². The quantitative estimate of drug-likeness (QED) is 0.504. The number of nitrogens with two attached hydrogens (primary N) is 1. The summed E-state index contributed by atoms with van der Waals surface area (Å²) in [7, 11) is 0. The van der Waals surface area contributed by atoms with Crippen molar-refractivity contribution >= 4 is 17.1 Å². The number of nitro groups is 1. The Morgan fingerprint density at radius 3 is 2.55 bits per heavy atom. The third-order valence-corrected chi connectivity index (χ3v) is 2.73. The summed E-state index contributed by atoms with van der Waals surface area (Å²) in [5, 5.41) is 22.5. The molecule has 0 spiro atoms. The van der Waals surface area contributed by atoms with E-state index < -0.39 is 4.92 Å². The van der Waals surface area contributed by atoms with Crippen molar-refractivity contribution in [3.63, 3.8) is 0 Å². The molecule has 0 saturated heterocycles. The highest BCUT2D eigenvalue weighted by Crippen LogP contribution is 2.22. The van der Waals surface area contributed by atoms with Gasteiger partial charge in [-0.2, -0.15) is 5.26 Å². The van der Waals surface area contributed by atoms with Gasteiger partial charge < -0.3 is 11.1 Å². The Morgan fingerprint density at radius 1 is 1.25 bits per heavy atom. The number of nitrogens with one attached hydrogen (secondary N) is 1. The van der Waals surface area contributed by atoms with E-state index in [9.17, 15) is 10.1 Å². The lowest BCUT2D eigenvalue weighted by atomic mass is 10.1. The van der Waals surface area contributed by atoms with Gasteiger partial charge in [0, 0.05) is 30.1 Å². The van der Waals surface area contributed by atoms with Crippen LogP contribution in [0.3, 0.4) is 0 Å². The van der Waals surface area contributed by atoms with E-state index >= 15 is 0 Å². The molecule has 2 aromatic rings. The van der Waals surface area contributed by atoms with E-state index in [0.29, 0.717) is 23.5 Å². The number of hydrogen-bond donors (Lipinski definition) is 2. The van der Waals surface area contributed by atoms with E-state index in [-0.39, 0.29) is 5.69 Å². The smallest absolute Gasteiger partial charge is 0.273 e. The summed E-state index contributed by atoms with van der Waals surface area (Å²) in [4.78, 5) is 10.3. The van der Waals surface area contributed by atoms with Gasteiger partial charge in [0.1, 0.15) is 0 Å². The Bertz CT molecular complexity index is 675. The van der Waals surface area contributed by atoms with E-state index in [1.807, 2.05) is 18.2 Å². The van der Waals surface area contributed by atoms with E-state index in [0.717, 1.165) is 5.56 Å². The number of nitro benzene ring substituents is 1. The summed E-state index contributed by atoms with van der Waals surface area (Å²) in [6.07, 6.45) is 0. The second-order valence-electron chi connectivity index (χ2n) is 4.23. The van der Waals surface area contributed by atoms with E-state index in [4.69, 9.17) is 11.0 Å². The minimum atomic E-state index is -0.483. The monoisotopic (exact) mass is 268 g/mol. The number of nitrogens with zero attached hydrogens (tertiary/aromatic N) is 2. The second kappa shape index (κ2) is 5.71. The average molecular weight is 268 g/mol. The normalized spacial score (nSPS) is 9.75. The summed E-state index contributed by atoms with van der Waals surface area (Å²) < 4.78 is 0. The number of anilines is 2. The molecule has 0 fully saturated rings. The van der Waals surface area contributed by atoms with Crippen LogP contribution >= 0.6 is 0 Å². The molecule has 0 amide bonds. The predicted octanol–water partition coefficient (Wildman–Crippen LogP) is 2.66. The van der Waals surface area contributed by atoms with Gasteiger partial charge in [0.2, 0.25) is 0 Å². The molecule has 0 aliphatic carbocycles. The highest BCUT2D eigenvalue weighted by Gasteiger charge is 2.08. The van der Waals surface area contributed by atoms with Crippen molar-refractivity contribution < 1.29 is 4.92 Å². The number of non-ortho nitro benzene ring substituents is 1. The lowest BCUT2D eigenvalue weighted by Gasteiger charge is -2.07. The van der Waals surface area contributed by atoms with Crippen LogP contribution < -0.4 is 11.1 Å². The van der Waals surface area contributed by atoms with Crippen LogP contribution in [0.5, 0.6) is 0 Å². The highest BCUT2D eigenvalue weighted by atomic mass is 16.6. The van der Waals surface area contributed by atoms with Crippen LogP contribution in [0.1, 0.15) is 11.1 Å². The number of benzene rings is 2. The molecule has 20 heavy (non-hydrogen) atoms. The summed E-state index contributed by atoms with van der Waals surface area (Å²) in [6, 6.07) is 13.5. The fraction of sp³-hybridized carbons (Fsp3) is 0.0714. The zero-order valence-electron chi connectivity index (χ0n) is 10.5. The zero-order valence-corrected chi connectivity index (χ0v) is 10.5. The first-order chi connectivity index (χ1) is 9.58. The van der Waals surface area contributed by atoms with Gasteiger partial charge in [-0.15, -0.1) is 0 Å². The number of nitrogen functional groups attached to an aromatic ring is 1. The van der Waals surface area contributed by atoms with E-state index in [1.54, 1.807) is 18.2 Å². The molecule has 0 bridgehead atoms. The molecule has 0 radical (unpaired) electrons. The first kappa shape index (κ1) is 13.4. The maximum absolute atomic E-state index is 10.7. The Hall–Kier alpha value is -3.07. The third kappa shape index (κ3) is 3.23. The molecule has 0 saturated carbocycles. The second-order valence-corrected chi connectivity index (χ2v) is 4.23. The van der Waals surface area contributed by atoms with Crippen molar-refractivity contribution in [2.75, 3.05) is 11.1 Å². The molecule has 3 N–H and O–H groups in total. The van der Waals surface area contributed by atoms with Gasteiger partial charge >= 0.3 is 0 Å². The minimum Gasteiger partial charge on any atom is -0.398 e. The maximum Gasteiger partial charge on any atom is 0.273 e. The number of rotatable bonds is 4. The van der Waals surface area contributed by atoms with Crippen molar-refractivity contribution in [2.45, 2.75) is 6.54 Å². The highest BCUT2D eigenvalue weighted by molar-refractivity contribution is 5.61. The Morgan fingerprint density at radius 2 is 1.95 bits per heavy atom. The fourth-order valence-corrected chi connectivity index (χ4v) is 1.74. The predicted molar refractivity (Wildman–Crippen MR) is 76.0 cm³/mol. The minimum absolute atomic E-state index is 0.0488. The molecule has 0 atom stereocenters. The van der Waals surface area contributed by atoms with E-state index in [2.05, 4.69) is 5.32 Å². The molecule has 6 nitrogen and oxygen atoms in total. The SMILES string of the molecule is N#Cc1ccc(CNc2cc(N)cc([N+](=O)[O-])c2)cc1. The van der Waals surface area contributed by atoms with Crippen molar-refractivity contribution in [1.82, 2.24) is 0 Å². The molecule has 0 aromatic heterocycles. The van der Waals surface area contributed by atoms with Crippen LogP contribution in [0.2, 0.25) is 0 Å². The lowest BCUT2D eigenvalue weighted by Crippen LogP contribution is -2.01. The molecule has 100 valence electrons. The van der Waals surface area contributed by atoms with Gasteiger partial charge in [-0.1, -0.05) is 12.1 Å². The van der Waals surface area contributed by atoms with Crippen molar-refractivity contribution in [3.8, 4) is 6.07 Å². The average Bonchev–Trinajstić information content (AvgIpc) is 2.45. The molecular weight excluding hydrogens is 256 g/mol. The van der Waals surface area contributed by atoms with Crippen molar-refractivity contribution in [3.05, 3.63) is 63.7 Å². The van der Waals surface area contributed by atoms with Crippen LogP contribution in [0, 0.1) is 21.4 Å². The molecule has 6 heteroatoms. The Balaban J connectivity index is 2.10. The van der Waals surface area contributed by atoms with Crippen LogP contribution in [-0.2, 0) is 6.54 Å². The molecule has 2 rings (SSSR count). The summed E-state index contributed by atoms with van der Waals surface area (Å²) >= 11 is 0. The molecule has 2 aromatic carbocycles. The molecule has 0 aliphatic heterocycles. The topological polar surface area (TPSA) is 105 Å². The standard InChI is InChI=1S/C14H12N4O2/c15-8-10-1-3-11(4-2-10)9-17-13-5-12(16)6-14(7-13)18(19)20/h1-7,17H,9,16H2. The van der Waals surface area contributed by atoms with Crippen LogP contribution in [0.4, 0.5) is 17.1 Å². The first-order valence-electron chi connectivity index (χ1n) is 5.86. The van der Waals surface area contributed by atoms with E-state index in [1.165, 1.54) is 12.1 Å². The third-order valence-electron chi connectivity index (χ3n) is 2.73. The van der Waals surface area contributed by atoms with Gasteiger partial charge in [0.05, 0.1) is 16.6 Å². The molecule has 0 heterocycles. The first-order valence-corrected chi connectivity index (χ1v) is 5.86. The summed E-state index contributed by atoms with van der Waals surface area (Å²) in [5.74, 6) is 0. The molecule has 0 unspecified atom stereocenters. The summed E-state index contributed by atoms with van der Waals surface area (Å²) in [6.45, 7) is 0.492. The van der Waals surface area contributed by atoms with Crippen molar-refractivity contribution in [2.24, 2.45) is 0 Å². The van der Waals surface area contributed by atoms with Gasteiger partial charge in [-0.25, -0.2) is 0 Å². The zero-order chi connectivity index (χ0) is 14.5. The largest absolute Gasteiger partial charge is 0.398 e. The number of hydrogen-bond acceptors (Lipinski definition) is 5. The lowest BCUT2D eigenvalue weighted by molar-refractivity contribution is -0.384. The van der Waals surface area contributed by atoms with Crippen LogP contribution in [0.25, 0.3) is 0 Å². The summed E-state index contributed by atoms with van der Waals surface area (Å²) in [5.41, 5.74) is 8.05. The number of nitriles is 1. The Kier molecular flexibility index (Phi) is 3.82. The van der Waals surface area contributed by atoms with Crippen molar-refractivity contribution in [1.29, 1.82) is 5.26 Å². The molecular formula is C14H12N4O2. The van der Waals surface area contributed by atoms with Gasteiger partial charge in [0.15, 0.2) is 0 Å². The van der Waals surface area contributed by atoms with Gasteiger partial charge in [0.25, 0.3) is 5.69 Å². The van der Waals surface area contributed by atoms with Crippen LogP contribution in [0.15, 0.2) is 42.5 Å². The molecule has 0 aliphatic rings. The maximum atomic E-state index is 10.7. The van der Waals surface area contributed by atoms with Gasteiger partial charge in [-0.3, -0.25) is 10.1 Å². The Labute approximate surface area is 115 Å².